The van der Waals surface area contributed by atoms with E-state index in [0.717, 1.165) is 21.7 Å². The van der Waals surface area contributed by atoms with E-state index in [0.29, 0.717) is 15.8 Å². The Kier molecular flexibility index (Phi) is 3.24. The molecule has 1 aromatic carbocycles. The van der Waals surface area contributed by atoms with Crippen molar-refractivity contribution in [1.29, 1.82) is 0 Å². The number of hydrogen-bond acceptors (Lipinski definition) is 4. The van der Waals surface area contributed by atoms with Crippen molar-refractivity contribution in [3.05, 3.63) is 41.0 Å². The molecule has 120 valence electrons. The van der Waals surface area contributed by atoms with Crippen molar-refractivity contribution >= 4 is 38.1 Å². The van der Waals surface area contributed by atoms with Crippen molar-refractivity contribution in [3.8, 4) is 0 Å². The predicted octanol–water partition coefficient (Wildman–Crippen LogP) is 3.62. The van der Waals surface area contributed by atoms with Crippen LogP contribution in [-0.2, 0) is 17.1 Å². The highest BCUT2D eigenvalue weighted by atomic mass is 32.2. The first-order valence-electron chi connectivity index (χ1n) is 7.50. The lowest BCUT2D eigenvalue weighted by Crippen LogP contribution is -2.11. The number of aryl methyl sites for hydroxylation is 2. The summed E-state index contributed by atoms with van der Waals surface area (Å²) in [4.78, 5) is 5.64. The summed E-state index contributed by atoms with van der Waals surface area (Å²) in [7, 11) is -1.52. The summed E-state index contributed by atoms with van der Waals surface area (Å²) in [6, 6.07) is 8.96. The Hall–Kier alpha value is -1.86. The summed E-state index contributed by atoms with van der Waals surface area (Å²) < 4.78 is 29.9. The summed E-state index contributed by atoms with van der Waals surface area (Å²) in [5.41, 5.74) is 2.41. The zero-order valence-corrected chi connectivity index (χ0v) is 14.5. The summed E-state index contributed by atoms with van der Waals surface area (Å²) in [5.74, 6) is 1.65. The van der Waals surface area contributed by atoms with Gasteiger partial charge in [-0.25, -0.2) is 13.4 Å². The Morgan fingerprint density at radius 2 is 2.04 bits per heavy atom. The number of benzene rings is 1. The highest BCUT2D eigenvalue weighted by molar-refractivity contribution is 7.94. The maximum atomic E-state index is 12.4. The van der Waals surface area contributed by atoms with Crippen LogP contribution in [0.2, 0.25) is 0 Å². The molecule has 1 fully saturated rings. The van der Waals surface area contributed by atoms with Crippen molar-refractivity contribution in [1.82, 2.24) is 9.55 Å². The van der Waals surface area contributed by atoms with Crippen molar-refractivity contribution in [2.45, 2.75) is 29.9 Å². The third-order valence-corrected chi connectivity index (χ3v) is 6.96. The lowest BCUT2D eigenvalue weighted by Gasteiger charge is -2.06. The quantitative estimate of drug-likeness (QED) is 0.784. The first-order chi connectivity index (χ1) is 10.9. The Labute approximate surface area is 139 Å². The molecule has 1 N–H and O–H groups in total. The van der Waals surface area contributed by atoms with E-state index in [9.17, 15) is 8.42 Å². The molecule has 1 aliphatic carbocycles. The van der Waals surface area contributed by atoms with Gasteiger partial charge in [-0.2, -0.15) is 0 Å². The number of sulfonamides is 1. The van der Waals surface area contributed by atoms with E-state index < -0.39 is 10.0 Å². The van der Waals surface area contributed by atoms with Gasteiger partial charge in [-0.15, -0.1) is 11.3 Å². The van der Waals surface area contributed by atoms with Crippen LogP contribution in [0.15, 0.2) is 34.5 Å². The Bertz CT molecular complexity index is 998. The maximum absolute atomic E-state index is 12.4. The van der Waals surface area contributed by atoms with Gasteiger partial charge in [0.05, 0.1) is 16.7 Å². The second-order valence-electron chi connectivity index (χ2n) is 5.98. The predicted molar refractivity (Wildman–Crippen MR) is 92.6 cm³/mol. The van der Waals surface area contributed by atoms with E-state index in [1.54, 1.807) is 18.2 Å². The lowest BCUT2D eigenvalue weighted by molar-refractivity contribution is 0.603. The molecule has 1 aliphatic rings. The van der Waals surface area contributed by atoms with Crippen LogP contribution in [0.1, 0.15) is 29.5 Å². The molecule has 2 aromatic heterocycles. The smallest absolute Gasteiger partial charge is 0.271 e. The minimum absolute atomic E-state index is 0.329. The number of fused-ring (bicyclic) bond motifs is 1. The van der Waals surface area contributed by atoms with Crippen LogP contribution < -0.4 is 4.72 Å². The molecule has 4 rings (SSSR count). The number of rotatable bonds is 4. The van der Waals surface area contributed by atoms with E-state index in [4.69, 9.17) is 0 Å². The molecule has 0 amide bonds. The first kappa shape index (κ1) is 14.7. The third-order valence-electron chi connectivity index (χ3n) is 4.09. The number of hydrogen-bond donors (Lipinski definition) is 1. The average molecular weight is 347 g/mol. The van der Waals surface area contributed by atoms with Crippen LogP contribution in [0.5, 0.6) is 0 Å². The second kappa shape index (κ2) is 5.07. The first-order valence-corrected chi connectivity index (χ1v) is 9.80. The molecule has 23 heavy (non-hydrogen) atoms. The van der Waals surface area contributed by atoms with E-state index in [2.05, 4.69) is 14.3 Å². The average Bonchev–Trinajstić information content (AvgIpc) is 3.16. The molecule has 0 spiro atoms. The molecule has 5 nitrogen and oxygen atoms in total. The van der Waals surface area contributed by atoms with Crippen LogP contribution in [0.4, 0.5) is 5.69 Å². The topological polar surface area (TPSA) is 64.0 Å². The molecule has 7 heteroatoms. The fourth-order valence-electron chi connectivity index (χ4n) is 2.75. The largest absolute Gasteiger partial charge is 0.331 e. The zero-order chi connectivity index (χ0) is 16.2. The highest BCUT2D eigenvalue weighted by Gasteiger charge is 2.28. The van der Waals surface area contributed by atoms with Gasteiger partial charge in [-0.3, -0.25) is 4.72 Å². The zero-order valence-electron chi connectivity index (χ0n) is 12.9. The van der Waals surface area contributed by atoms with Crippen molar-refractivity contribution in [2.24, 2.45) is 7.05 Å². The van der Waals surface area contributed by atoms with E-state index in [1.807, 2.05) is 26.1 Å². The second-order valence-corrected chi connectivity index (χ2v) is 9.17. The number of imidazole rings is 1. The van der Waals surface area contributed by atoms with Gasteiger partial charge < -0.3 is 4.57 Å². The summed E-state index contributed by atoms with van der Waals surface area (Å²) in [6.07, 6.45) is 2.38. The van der Waals surface area contributed by atoms with Crippen LogP contribution in [-0.4, -0.2) is 18.0 Å². The molecule has 2 heterocycles. The molecule has 0 radical (unpaired) electrons. The lowest BCUT2D eigenvalue weighted by atomic mass is 10.3. The molecule has 0 aliphatic heterocycles. The van der Waals surface area contributed by atoms with Crippen LogP contribution in [0.25, 0.3) is 11.0 Å². The Morgan fingerprint density at radius 3 is 2.70 bits per heavy atom. The van der Waals surface area contributed by atoms with E-state index >= 15 is 0 Å². The maximum Gasteiger partial charge on any atom is 0.271 e. The number of anilines is 1. The number of nitrogens with one attached hydrogen (secondary N) is 1. The van der Waals surface area contributed by atoms with Gasteiger partial charge in [0.25, 0.3) is 10.0 Å². The molecule has 0 atom stereocenters. The Balaban J connectivity index is 1.69. The highest BCUT2D eigenvalue weighted by Crippen LogP contribution is 2.40. The summed E-state index contributed by atoms with van der Waals surface area (Å²) in [5, 5.41) is 0. The molecular formula is C16H17N3O2S2. The van der Waals surface area contributed by atoms with Gasteiger partial charge in [0.2, 0.25) is 0 Å². The minimum Gasteiger partial charge on any atom is -0.331 e. The van der Waals surface area contributed by atoms with Gasteiger partial charge in [-0.1, -0.05) is 0 Å². The standard InChI is InChI=1S/C16H17N3O2S2/c1-10-3-8-15(22-10)23(20,21)18-12-6-7-14-13(9-12)17-16(19(14)2)11-4-5-11/h3,6-9,11,18H,4-5H2,1-2H3. The van der Waals surface area contributed by atoms with Gasteiger partial charge in [0.1, 0.15) is 10.0 Å². The van der Waals surface area contributed by atoms with E-state index in [1.165, 1.54) is 24.2 Å². The minimum atomic E-state index is -3.53. The monoisotopic (exact) mass is 347 g/mol. The van der Waals surface area contributed by atoms with Crippen LogP contribution >= 0.6 is 11.3 Å². The van der Waals surface area contributed by atoms with Crippen LogP contribution in [0.3, 0.4) is 0 Å². The Morgan fingerprint density at radius 1 is 1.26 bits per heavy atom. The molecule has 0 unspecified atom stereocenters. The van der Waals surface area contributed by atoms with Crippen molar-refractivity contribution < 1.29 is 8.42 Å². The number of aromatic nitrogens is 2. The molecule has 3 aromatic rings. The summed E-state index contributed by atoms with van der Waals surface area (Å²) in [6.45, 7) is 1.89. The number of thiophene rings is 1. The van der Waals surface area contributed by atoms with Gasteiger partial charge in [0, 0.05) is 17.8 Å². The molecule has 1 saturated carbocycles. The van der Waals surface area contributed by atoms with Crippen molar-refractivity contribution in [2.75, 3.05) is 4.72 Å². The fraction of sp³-hybridized carbons (Fsp3) is 0.312. The number of nitrogens with zero attached hydrogens (tertiary/aromatic N) is 2. The fourth-order valence-corrected chi connectivity index (χ4v) is 5.08. The molecule has 0 bridgehead atoms. The SMILES string of the molecule is Cc1ccc(S(=O)(=O)Nc2ccc3c(c2)nc(C2CC2)n3C)s1. The normalized spacial score (nSPS) is 15.2. The third kappa shape index (κ3) is 2.64. The summed E-state index contributed by atoms with van der Waals surface area (Å²) >= 11 is 1.27. The molecule has 0 saturated heterocycles. The molecular weight excluding hydrogens is 330 g/mol. The van der Waals surface area contributed by atoms with Gasteiger partial charge in [-0.05, 0) is 50.1 Å². The van der Waals surface area contributed by atoms with E-state index in [-0.39, 0.29) is 0 Å². The van der Waals surface area contributed by atoms with Crippen molar-refractivity contribution in [3.63, 3.8) is 0 Å². The van der Waals surface area contributed by atoms with Crippen LogP contribution in [0, 0.1) is 6.92 Å². The van der Waals surface area contributed by atoms with Gasteiger partial charge in [0.15, 0.2) is 0 Å². The van der Waals surface area contributed by atoms with Gasteiger partial charge >= 0.3 is 0 Å².